The van der Waals surface area contributed by atoms with Crippen molar-refractivity contribution in [2.75, 3.05) is 19.7 Å². The molecule has 5 heteroatoms. The number of ether oxygens (including phenoxy) is 1. The van der Waals surface area contributed by atoms with Crippen molar-refractivity contribution in [2.45, 2.75) is 38.8 Å². The molecule has 0 aliphatic carbocycles. The second-order valence-corrected chi connectivity index (χ2v) is 6.21. The minimum Gasteiger partial charge on any atom is -0.364 e. The topological polar surface area (TPSA) is 47.4 Å². The summed E-state index contributed by atoms with van der Waals surface area (Å²) in [5, 5.41) is 0. The zero-order chi connectivity index (χ0) is 16.9. The van der Waals surface area contributed by atoms with Crippen LogP contribution in [0.1, 0.15) is 43.3 Å². The summed E-state index contributed by atoms with van der Waals surface area (Å²) < 4.78 is 7.96. The number of likely N-dealkylation sites (tertiary alicyclic amines) is 1. The molecule has 0 N–H and O–H groups in total. The Kier molecular flexibility index (Phi) is 5.30. The first-order valence-electron chi connectivity index (χ1n) is 8.65. The largest absolute Gasteiger partial charge is 0.364 e. The SMILES string of the molecule is CCO[C@H](C(=O)N1CCC[C@@H](n2ccnc2C)C1)c1ccccc1. The first-order chi connectivity index (χ1) is 11.7. The molecule has 1 aliphatic rings. The van der Waals surface area contributed by atoms with Gasteiger partial charge < -0.3 is 14.2 Å². The maximum Gasteiger partial charge on any atom is 0.256 e. The number of benzene rings is 1. The summed E-state index contributed by atoms with van der Waals surface area (Å²) in [6, 6.07) is 10.1. The molecule has 5 nitrogen and oxygen atoms in total. The van der Waals surface area contributed by atoms with Crippen LogP contribution in [-0.4, -0.2) is 40.1 Å². The van der Waals surface area contributed by atoms with Crippen LogP contribution in [0.15, 0.2) is 42.7 Å². The van der Waals surface area contributed by atoms with E-state index in [0.29, 0.717) is 19.2 Å². The second-order valence-electron chi connectivity index (χ2n) is 6.21. The maximum atomic E-state index is 13.1. The molecule has 1 amide bonds. The van der Waals surface area contributed by atoms with Gasteiger partial charge in [0.1, 0.15) is 5.82 Å². The number of nitrogens with zero attached hydrogens (tertiary/aromatic N) is 3. The molecule has 3 rings (SSSR count). The number of imidazole rings is 1. The molecule has 1 aliphatic heterocycles. The highest BCUT2D eigenvalue weighted by Gasteiger charge is 2.31. The standard InChI is InChI=1S/C19H25N3O2/c1-3-24-18(16-8-5-4-6-9-16)19(23)21-12-7-10-17(14-21)22-13-11-20-15(22)2/h4-6,8-9,11,13,17-18H,3,7,10,12,14H2,1-2H3/t17-,18+/m1/s1. The van der Waals surface area contributed by atoms with Crippen molar-refractivity contribution in [3.8, 4) is 0 Å². The van der Waals surface area contributed by atoms with Crippen molar-refractivity contribution in [1.29, 1.82) is 0 Å². The van der Waals surface area contributed by atoms with Crippen molar-refractivity contribution in [3.63, 3.8) is 0 Å². The minimum absolute atomic E-state index is 0.0607. The van der Waals surface area contributed by atoms with Crippen LogP contribution in [0.3, 0.4) is 0 Å². The summed E-state index contributed by atoms with van der Waals surface area (Å²) in [4.78, 5) is 19.3. The summed E-state index contributed by atoms with van der Waals surface area (Å²) in [6.07, 6.45) is 5.39. The second kappa shape index (κ2) is 7.62. The zero-order valence-corrected chi connectivity index (χ0v) is 14.4. The van der Waals surface area contributed by atoms with Gasteiger partial charge in [0.25, 0.3) is 5.91 Å². The number of aromatic nitrogens is 2. The molecule has 0 spiro atoms. The van der Waals surface area contributed by atoms with E-state index in [1.54, 1.807) is 0 Å². The number of carbonyl (C=O) groups is 1. The highest BCUT2D eigenvalue weighted by molar-refractivity contribution is 5.82. The number of hydrogen-bond acceptors (Lipinski definition) is 3. The average Bonchev–Trinajstić information content (AvgIpc) is 3.06. The van der Waals surface area contributed by atoms with Gasteiger partial charge in [0.05, 0.1) is 6.04 Å². The Morgan fingerprint density at radius 3 is 2.83 bits per heavy atom. The number of aryl methyl sites for hydroxylation is 1. The molecule has 0 saturated carbocycles. The smallest absolute Gasteiger partial charge is 0.256 e. The highest BCUT2D eigenvalue weighted by atomic mass is 16.5. The van der Waals surface area contributed by atoms with Crippen LogP contribution in [0.4, 0.5) is 0 Å². The van der Waals surface area contributed by atoms with E-state index in [1.165, 1.54) is 0 Å². The maximum absolute atomic E-state index is 13.1. The molecule has 1 fully saturated rings. The van der Waals surface area contributed by atoms with Crippen LogP contribution in [0.5, 0.6) is 0 Å². The number of hydrogen-bond donors (Lipinski definition) is 0. The lowest BCUT2D eigenvalue weighted by atomic mass is 10.0. The third-order valence-corrected chi connectivity index (χ3v) is 4.62. The third kappa shape index (κ3) is 3.51. The first kappa shape index (κ1) is 16.7. The Balaban J connectivity index is 1.76. The van der Waals surface area contributed by atoms with Crippen molar-refractivity contribution in [2.24, 2.45) is 0 Å². The fourth-order valence-corrected chi connectivity index (χ4v) is 3.43. The Morgan fingerprint density at radius 1 is 1.38 bits per heavy atom. The molecule has 1 saturated heterocycles. The van der Waals surface area contributed by atoms with E-state index in [-0.39, 0.29) is 5.91 Å². The van der Waals surface area contributed by atoms with Crippen molar-refractivity contribution >= 4 is 5.91 Å². The van der Waals surface area contributed by atoms with E-state index in [4.69, 9.17) is 4.74 Å². The molecule has 1 aromatic heterocycles. The fourth-order valence-electron chi connectivity index (χ4n) is 3.43. The summed E-state index contributed by atoms with van der Waals surface area (Å²) in [5.41, 5.74) is 0.922. The lowest BCUT2D eigenvalue weighted by Gasteiger charge is -2.35. The predicted octanol–water partition coefficient (Wildman–Crippen LogP) is 3.13. The van der Waals surface area contributed by atoms with Crippen LogP contribution >= 0.6 is 0 Å². The monoisotopic (exact) mass is 327 g/mol. The van der Waals surface area contributed by atoms with E-state index in [1.807, 2.05) is 61.5 Å². The van der Waals surface area contributed by atoms with Crippen LogP contribution in [-0.2, 0) is 9.53 Å². The first-order valence-corrected chi connectivity index (χ1v) is 8.65. The Bertz CT molecular complexity index is 668. The van der Waals surface area contributed by atoms with Crippen LogP contribution in [0, 0.1) is 6.92 Å². The van der Waals surface area contributed by atoms with E-state index >= 15 is 0 Å². The molecule has 128 valence electrons. The Morgan fingerprint density at radius 2 is 2.17 bits per heavy atom. The number of amides is 1. The van der Waals surface area contributed by atoms with E-state index in [9.17, 15) is 4.79 Å². The quantitative estimate of drug-likeness (QED) is 0.847. The summed E-state index contributed by atoms with van der Waals surface area (Å²) in [7, 11) is 0. The highest BCUT2D eigenvalue weighted by Crippen LogP contribution is 2.27. The summed E-state index contributed by atoms with van der Waals surface area (Å²) in [5.74, 6) is 1.06. The molecule has 0 bridgehead atoms. The number of piperidine rings is 1. The summed E-state index contributed by atoms with van der Waals surface area (Å²) >= 11 is 0. The van der Waals surface area contributed by atoms with Gasteiger partial charge in [-0.25, -0.2) is 4.98 Å². The van der Waals surface area contributed by atoms with Gasteiger partial charge in [0, 0.05) is 32.1 Å². The predicted molar refractivity (Wildman–Crippen MR) is 92.6 cm³/mol. The third-order valence-electron chi connectivity index (χ3n) is 4.62. The molecular formula is C19H25N3O2. The van der Waals surface area contributed by atoms with Gasteiger partial charge in [-0.1, -0.05) is 30.3 Å². The normalized spacial score (nSPS) is 19.2. The van der Waals surface area contributed by atoms with Crippen LogP contribution in [0.2, 0.25) is 0 Å². The van der Waals surface area contributed by atoms with Gasteiger partial charge in [0.2, 0.25) is 0 Å². The molecule has 2 aromatic rings. The van der Waals surface area contributed by atoms with Crippen LogP contribution in [0.25, 0.3) is 0 Å². The lowest BCUT2D eigenvalue weighted by molar-refractivity contribution is -0.145. The molecule has 0 unspecified atom stereocenters. The summed E-state index contributed by atoms with van der Waals surface area (Å²) in [6.45, 7) is 5.96. The molecule has 2 heterocycles. The molecule has 24 heavy (non-hydrogen) atoms. The zero-order valence-electron chi connectivity index (χ0n) is 14.4. The molecule has 0 radical (unpaired) electrons. The minimum atomic E-state index is -0.515. The molecular weight excluding hydrogens is 302 g/mol. The van der Waals surface area contributed by atoms with E-state index < -0.39 is 6.10 Å². The Hall–Kier alpha value is -2.14. The average molecular weight is 327 g/mol. The van der Waals surface area contributed by atoms with E-state index in [0.717, 1.165) is 30.8 Å². The Labute approximate surface area is 143 Å². The van der Waals surface area contributed by atoms with Gasteiger partial charge in [0.15, 0.2) is 6.10 Å². The van der Waals surface area contributed by atoms with Gasteiger partial charge in [-0.2, -0.15) is 0 Å². The van der Waals surface area contributed by atoms with Crippen LogP contribution < -0.4 is 0 Å². The lowest BCUT2D eigenvalue weighted by Crippen LogP contribution is -2.43. The van der Waals surface area contributed by atoms with Gasteiger partial charge >= 0.3 is 0 Å². The number of carbonyl (C=O) groups excluding carboxylic acids is 1. The van der Waals surface area contributed by atoms with Crippen molar-refractivity contribution < 1.29 is 9.53 Å². The fraction of sp³-hybridized carbons (Fsp3) is 0.474. The van der Waals surface area contributed by atoms with Crippen molar-refractivity contribution in [1.82, 2.24) is 14.5 Å². The van der Waals surface area contributed by atoms with E-state index in [2.05, 4.69) is 9.55 Å². The molecule has 2 atom stereocenters. The van der Waals surface area contributed by atoms with Crippen molar-refractivity contribution in [3.05, 3.63) is 54.1 Å². The van der Waals surface area contributed by atoms with Gasteiger partial charge in [-0.15, -0.1) is 0 Å². The van der Waals surface area contributed by atoms with Gasteiger partial charge in [-0.3, -0.25) is 4.79 Å². The number of rotatable bonds is 5. The molecule has 1 aromatic carbocycles. The van der Waals surface area contributed by atoms with Gasteiger partial charge in [-0.05, 0) is 32.3 Å².